The molecule has 0 radical (unpaired) electrons. The Morgan fingerprint density at radius 3 is 2.68 bits per heavy atom. The molecule has 2 unspecified atom stereocenters. The first kappa shape index (κ1) is 13.8. The van der Waals surface area contributed by atoms with Gasteiger partial charge in [0.2, 0.25) is 0 Å². The first-order chi connectivity index (χ1) is 8.98. The fraction of sp³-hybridized carbons (Fsp3) is 0.455. The van der Waals surface area contributed by atoms with E-state index in [1.54, 1.807) is 24.4 Å². The van der Waals surface area contributed by atoms with Crippen molar-refractivity contribution in [3.63, 3.8) is 0 Å². The van der Waals surface area contributed by atoms with E-state index >= 15 is 0 Å². The van der Waals surface area contributed by atoms with Gasteiger partial charge in [-0.15, -0.1) is 0 Å². The number of hydrogen-bond acceptors (Lipinski definition) is 4. The number of halogens is 3. The number of hydrogen-bond donors (Lipinski definition) is 3. The molecular formula is C11H13F3N4O. The van der Waals surface area contributed by atoms with E-state index in [1.165, 1.54) is 0 Å². The van der Waals surface area contributed by atoms with Crippen LogP contribution in [0.2, 0.25) is 0 Å². The van der Waals surface area contributed by atoms with Crippen LogP contribution in [0.3, 0.4) is 0 Å². The Kier molecular flexibility index (Phi) is 4.01. The van der Waals surface area contributed by atoms with Crippen LogP contribution in [0.5, 0.6) is 0 Å². The normalized spacial score (nSPS) is 23.9. The van der Waals surface area contributed by atoms with Crippen molar-refractivity contribution < 1.29 is 18.0 Å². The molecular weight excluding hydrogens is 261 g/mol. The SMILES string of the molecule is O=C(NC1NCCNC1c1ccccn1)C(F)(F)F. The van der Waals surface area contributed by atoms with Crippen LogP contribution in [0.4, 0.5) is 13.2 Å². The minimum Gasteiger partial charge on any atom is -0.331 e. The van der Waals surface area contributed by atoms with Crippen LogP contribution < -0.4 is 16.0 Å². The summed E-state index contributed by atoms with van der Waals surface area (Å²) >= 11 is 0. The summed E-state index contributed by atoms with van der Waals surface area (Å²) in [6, 6.07) is 4.64. The number of nitrogens with one attached hydrogen (secondary N) is 3. The molecule has 1 aromatic rings. The van der Waals surface area contributed by atoms with Crippen molar-refractivity contribution in [3.8, 4) is 0 Å². The number of carbonyl (C=O) groups is 1. The summed E-state index contributed by atoms with van der Waals surface area (Å²) in [6.07, 6.45) is -4.19. The second-order valence-electron chi connectivity index (χ2n) is 4.09. The van der Waals surface area contributed by atoms with Gasteiger partial charge in [0.15, 0.2) is 0 Å². The van der Waals surface area contributed by atoms with Crippen LogP contribution in [0.15, 0.2) is 24.4 Å². The van der Waals surface area contributed by atoms with Crippen molar-refractivity contribution >= 4 is 5.91 Å². The van der Waals surface area contributed by atoms with Gasteiger partial charge in [-0.25, -0.2) is 0 Å². The van der Waals surface area contributed by atoms with Crippen molar-refractivity contribution in [2.75, 3.05) is 13.1 Å². The zero-order valence-corrected chi connectivity index (χ0v) is 9.87. The molecule has 1 amide bonds. The van der Waals surface area contributed by atoms with Gasteiger partial charge in [0, 0.05) is 19.3 Å². The maximum absolute atomic E-state index is 12.3. The van der Waals surface area contributed by atoms with Crippen molar-refractivity contribution in [1.82, 2.24) is 20.9 Å². The van der Waals surface area contributed by atoms with E-state index in [0.29, 0.717) is 18.8 Å². The number of piperazine rings is 1. The van der Waals surface area contributed by atoms with Gasteiger partial charge >= 0.3 is 12.1 Å². The van der Waals surface area contributed by atoms with E-state index in [-0.39, 0.29) is 0 Å². The van der Waals surface area contributed by atoms with Crippen LogP contribution in [0, 0.1) is 0 Å². The Morgan fingerprint density at radius 2 is 2.05 bits per heavy atom. The molecule has 1 aliphatic heterocycles. The predicted molar refractivity (Wildman–Crippen MR) is 61.0 cm³/mol. The van der Waals surface area contributed by atoms with E-state index in [9.17, 15) is 18.0 Å². The number of carbonyl (C=O) groups excluding carboxylic acids is 1. The summed E-state index contributed by atoms with van der Waals surface area (Å²) in [5.41, 5.74) is 0.571. The minimum atomic E-state index is -4.90. The second kappa shape index (κ2) is 5.54. The van der Waals surface area contributed by atoms with Crippen molar-refractivity contribution in [2.24, 2.45) is 0 Å². The molecule has 8 heteroatoms. The molecule has 1 saturated heterocycles. The van der Waals surface area contributed by atoms with Crippen LogP contribution in [0.1, 0.15) is 11.7 Å². The number of alkyl halides is 3. The quantitative estimate of drug-likeness (QED) is 0.726. The summed E-state index contributed by atoms with van der Waals surface area (Å²) in [4.78, 5) is 15.1. The zero-order valence-electron chi connectivity index (χ0n) is 9.87. The Labute approximate surface area is 107 Å². The van der Waals surface area contributed by atoms with Crippen LogP contribution >= 0.6 is 0 Å². The number of amides is 1. The molecule has 0 aliphatic carbocycles. The molecule has 1 aliphatic rings. The Hall–Kier alpha value is -1.67. The average molecular weight is 274 g/mol. The van der Waals surface area contributed by atoms with Crippen molar-refractivity contribution in [2.45, 2.75) is 18.4 Å². The number of aromatic nitrogens is 1. The molecule has 0 bridgehead atoms. The maximum atomic E-state index is 12.3. The van der Waals surface area contributed by atoms with E-state index in [0.717, 1.165) is 0 Å². The Morgan fingerprint density at radius 1 is 1.32 bits per heavy atom. The highest BCUT2D eigenvalue weighted by atomic mass is 19.4. The largest absolute Gasteiger partial charge is 0.471 e. The third-order valence-electron chi connectivity index (χ3n) is 2.74. The fourth-order valence-corrected chi connectivity index (χ4v) is 1.88. The first-order valence-corrected chi connectivity index (χ1v) is 5.74. The zero-order chi connectivity index (χ0) is 13.9. The van der Waals surface area contributed by atoms with Crippen LogP contribution in [-0.4, -0.2) is 36.3 Å². The lowest BCUT2D eigenvalue weighted by Crippen LogP contribution is -2.60. The monoisotopic (exact) mass is 274 g/mol. The third kappa shape index (κ3) is 3.42. The first-order valence-electron chi connectivity index (χ1n) is 5.74. The van der Waals surface area contributed by atoms with Gasteiger partial charge in [-0.1, -0.05) is 6.07 Å². The van der Waals surface area contributed by atoms with Gasteiger partial charge in [0.05, 0.1) is 11.7 Å². The van der Waals surface area contributed by atoms with Crippen molar-refractivity contribution in [3.05, 3.63) is 30.1 Å². The summed E-state index contributed by atoms with van der Waals surface area (Å²) < 4.78 is 36.8. The van der Waals surface area contributed by atoms with Crippen LogP contribution in [-0.2, 0) is 4.79 Å². The lowest BCUT2D eigenvalue weighted by Gasteiger charge is -2.33. The van der Waals surface area contributed by atoms with E-state index < -0.39 is 24.3 Å². The summed E-state index contributed by atoms with van der Waals surface area (Å²) in [6.45, 7) is 1.05. The number of nitrogens with zero attached hydrogens (tertiary/aromatic N) is 1. The fourth-order valence-electron chi connectivity index (χ4n) is 1.88. The van der Waals surface area contributed by atoms with Gasteiger partial charge in [0.1, 0.15) is 6.17 Å². The molecule has 0 saturated carbocycles. The standard InChI is InChI=1S/C11H13F3N4O/c12-11(13,14)10(19)18-9-8(16-5-6-17-9)7-3-1-2-4-15-7/h1-4,8-9,16-17H,5-6H2,(H,18,19). The highest BCUT2D eigenvalue weighted by Gasteiger charge is 2.41. The molecule has 0 aromatic carbocycles. The Bertz CT molecular complexity index is 437. The molecule has 5 nitrogen and oxygen atoms in total. The van der Waals surface area contributed by atoms with Gasteiger partial charge in [-0.05, 0) is 12.1 Å². The molecule has 3 N–H and O–H groups in total. The van der Waals surface area contributed by atoms with Gasteiger partial charge in [-0.3, -0.25) is 15.1 Å². The second-order valence-corrected chi connectivity index (χ2v) is 4.09. The predicted octanol–water partition coefficient (Wildman–Crippen LogP) is 0.320. The number of rotatable bonds is 2. The minimum absolute atomic E-state index is 0.464. The molecule has 2 rings (SSSR count). The smallest absolute Gasteiger partial charge is 0.331 e. The summed E-state index contributed by atoms with van der Waals surface area (Å²) in [5, 5.41) is 7.80. The van der Waals surface area contributed by atoms with E-state index in [4.69, 9.17) is 0 Å². The van der Waals surface area contributed by atoms with Gasteiger partial charge in [-0.2, -0.15) is 13.2 Å². The van der Waals surface area contributed by atoms with Crippen LogP contribution in [0.25, 0.3) is 0 Å². The molecule has 0 spiro atoms. The highest BCUT2D eigenvalue weighted by molar-refractivity contribution is 5.82. The molecule has 2 atom stereocenters. The molecule has 19 heavy (non-hydrogen) atoms. The summed E-state index contributed by atoms with van der Waals surface area (Å²) in [5.74, 6) is -1.96. The number of pyridine rings is 1. The molecule has 1 aromatic heterocycles. The topological polar surface area (TPSA) is 66.1 Å². The van der Waals surface area contributed by atoms with Gasteiger partial charge < -0.3 is 10.6 Å². The van der Waals surface area contributed by atoms with Crippen molar-refractivity contribution in [1.29, 1.82) is 0 Å². The lowest BCUT2D eigenvalue weighted by molar-refractivity contribution is -0.175. The maximum Gasteiger partial charge on any atom is 0.471 e. The lowest BCUT2D eigenvalue weighted by atomic mass is 10.1. The highest BCUT2D eigenvalue weighted by Crippen LogP contribution is 2.18. The Balaban J connectivity index is 2.11. The summed E-state index contributed by atoms with van der Waals surface area (Å²) in [7, 11) is 0. The van der Waals surface area contributed by atoms with Gasteiger partial charge in [0.25, 0.3) is 0 Å². The van der Waals surface area contributed by atoms with E-state index in [1.807, 2.05) is 5.32 Å². The molecule has 1 fully saturated rings. The molecule has 2 heterocycles. The average Bonchev–Trinajstić information content (AvgIpc) is 2.39. The van der Waals surface area contributed by atoms with E-state index in [2.05, 4.69) is 15.6 Å². The molecule has 104 valence electrons. The third-order valence-corrected chi connectivity index (χ3v) is 2.74.